The lowest BCUT2D eigenvalue weighted by Crippen LogP contribution is -2.35. The summed E-state index contributed by atoms with van der Waals surface area (Å²) in [5.74, 6) is 1.09. The quantitative estimate of drug-likeness (QED) is 0.611. The molecule has 174 valence electrons. The first-order valence-corrected chi connectivity index (χ1v) is 12.1. The third-order valence-corrected chi connectivity index (χ3v) is 7.26. The van der Waals surface area contributed by atoms with Crippen molar-refractivity contribution in [2.24, 2.45) is 0 Å². The molecule has 1 atom stereocenters. The summed E-state index contributed by atoms with van der Waals surface area (Å²) in [5.41, 5.74) is 0.281. The number of carbonyl (C=O) groups excluding carboxylic acids is 1. The minimum atomic E-state index is -3.65. The van der Waals surface area contributed by atoms with Crippen LogP contribution in [0.2, 0.25) is 0 Å². The van der Waals surface area contributed by atoms with Crippen molar-refractivity contribution < 1.29 is 27.4 Å². The maximum atomic E-state index is 13.1. The molecule has 1 saturated heterocycles. The van der Waals surface area contributed by atoms with E-state index in [2.05, 4.69) is 5.32 Å². The Hall–Kier alpha value is -2.78. The number of carbonyl (C=O) groups is 1. The molecule has 0 aromatic heterocycles. The van der Waals surface area contributed by atoms with Gasteiger partial charge in [-0.1, -0.05) is 19.4 Å². The normalized spacial score (nSPS) is 15.6. The predicted molar refractivity (Wildman–Crippen MR) is 122 cm³/mol. The zero-order valence-electron chi connectivity index (χ0n) is 18.7. The predicted octanol–water partition coefficient (Wildman–Crippen LogP) is 3.67. The highest BCUT2D eigenvalue weighted by Crippen LogP contribution is 2.30. The molecule has 1 amide bonds. The number of anilines is 1. The van der Waals surface area contributed by atoms with Gasteiger partial charge in [-0.15, -0.1) is 0 Å². The fourth-order valence-electron chi connectivity index (χ4n) is 3.57. The highest BCUT2D eigenvalue weighted by Gasteiger charge is 2.27. The van der Waals surface area contributed by atoms with Gasteiger partial charge in [0.25, 0.3) is 5.91 Å². The van der Waals surface area contributed by atoms with Crippen LogP contribution in [0, 0.1) is 0 Å². The van der Waals surface area contributed by atoms with Crippen molar-refractivity contribution in [2.75, 3.05) is 32.6 Å². The van der Waals surface area contributed by atoms with Gasteiger partial charge in [-0.2, -0.15) is 4.31 Å². The molecule has 1 fully saturated rings. The summed E-state index contributed by atoms with van der Waals surface area (Å²) in [6.45, 7) is 2.84. The number of nitrogens with zero attached hydrogens (tertiary/aromatic N) is 1. The molecule has 32 heavy (non-hydrogen) atoms. The molecule has 0 aliphatic carbocycles. The van der Waals surface area contributed by atoms with Crippen LogP contribution in [-0.4, -0.2) is 52.0 Å². The van der Waals surface area contributed by atoms with Gasteiger partial charge in [-0.25, -0.2) is 8.42 Å². The van der Waals surface area contributed by atoms with Crippen molar-refractivity contribution >= 4 is 21.6 Å². The average molecular weight is 463 g/mol. The monoisotopic (exact) mass is 462 g/mol. The number of benzene rings is 2. The third kappa shape index (κ3) is 5.52. The SMILES string of the molecule is CC[C@@H](Oc1cccc(OC)c1)C(=O)Nc1cc(S(=O)(=O)N2CCCCC2)ccc1OC. The van der Waals surface area contributed by atoms with Gasteiger partial charge in [0.2, 0.25) is 10.0 Å². The molecule has 0 unspecified atom stereocenters. The molecule has 1 N–H and O–H groups in total. The summed E-state index contributed by atoms with van der Waals surface area (Å²) < 4.78 is 44.0. The molecule has 1 aliphatic heterocycles. The number of nitrogens with one attached hydrogen (secondary N) is 1. The Morgan fingerprint density at radius 2 is 1.75 bits per heavy atom. The first-order chi connectivity index (χ1) is 15.4. The van der Waals surface area contributed by atoms with Crippen LogP contribution in [0.15, 0.2) is 47.4 Å². The molecule has 9 heteroatoms. The number of hydrogen-bond acceptors (Lipinski definition) is 6. The van der Waals surface area contributed by atoms with Crippen LogP contribution >= 0.6 is 0 Å². The number of ether oxygens (including phenoxy) is 3. The van der Waals surface area contributed by atoms with E-state index in [9.17, 15) is 13.2 Å². The van der Waals surface area contributed by atoms with Crippen LogP contribution < -0.4 is 19.5 Å². The number of methoxy groups -OCH3 is 2. The Labute approximate surface area is 189 Å². The summed E-state index contributed by atoms with van der Waals surface area (Å²) in [5, 5.41) is 2.77. The van der Waals surface area contributed by atoms with E-state index in [1.807, 2.05) is 6.92 Å². The van der Waals surface area contributed by atoms with Crippen molar-refractivity contribution in [1.29, 1.82) is 0 Å². The molecular formula is C23H30N2O6S. The van der Waals surface area contributed by atoms with Crippen LogP contribution in [0.1, 0.15) is 32.6 Å². The van der Waals surface area contributed by atoms with Gasteiger partial charge in [0.15, 0.2) is 6.10 Å². The van der Waals surface area contributed by atoms with E-state index in [1.54, 1.807) is 37.4 Å². The molecule has 8 nitrogen and oxygen atoms in total. The summed E-state index contributed by atoms with van der Waals surface area (Å²) in [4.78, 5) is 13.1. The second-order valence-corrected chi connectivity index (χ2v) is 9.45. The summed E-state index contributed by atoms with van der Waals surface area (Å²) in [7, 11) is -0.624. The number of sulfonamides is 1. The lowest BCUT2D eigenvalue weighted by Gasteiger charge is -2.26. The zero-order valence-corrected chi connectivity index (χ0v) is 19.5. The molecule has 3 rings (SSSR count). The molecule has 2 aromatic rings. The van der Waals surface area contributed by atoms with E-state index < -0.39 is 22.0 Å². The zero-order chi connectivity index (χ0) is 23.1. The van der Waals surface area contributed by atoms with Gasteiger partial charge in [-0.3, -0.25) is 4.79 Å². The molecule has 2 aromatic carbocycles. The van der Waals surface area contributed by atoms with E-state index in [0.717, 1.165) is 19.3 Å². The highest BCUT2D eigenvalue weighted by atomic mass is 32.2. The van der Waals surface area contributed by atoms with Gasteiger partial charge < -0.3 is 19.5 Å². The van der Waals surface area contributed by atoms with Crippen molar-refractivity contribution in [3.05, 3.63) is 42.5 Å². The molecule has 1 aliphatic rings. The summed E-state index contributed by atoms with van der Waals surface area (Å²) >= 11 is 0. The van der Waals surface area contributed by atoms with Gasteiger partial charge in [0.05, 0.1) is 24.8 Å². The minimum Gasteiger partial charge on any atom is -0.497 e. The van der Waals surface area contributed by atoms with Crippen molar-refractivity contribution in [3.63, 3.8) is 0 Å². The first-order valence-electron chi connectivity index (χ1n) is 10.7. The van der Waals surface area contributed by atoms with Crippen molar-refractivity contribution in [1.82, 2.24) is 4.31 Å². The smallest absolute Gasteiger partial charge is 0.265 e. The van der Waals surface area contributed by atoms with Crippen LogP contribution in [0.3, 0.4) is 0 Å². The molecule has 0 radical (unpaired) electrons. The van der Waals surface area contributed by atoms with Crippen LogP contribution in [0.5, 0.6) is 17.2 Å². The molecule has 1 heterocycles. The fraction of sp³-hybridized carbons (Fsp3) is 0.435. The van der Waals surface area contributed by atoms with Crippen molar-refractivity contribution in [3.8, 4) is 17.2 Å². The molecule has 0 bridgehead atoms. The number of amides is 1. The fourth-order valence-corrected chi connectivity index (χ4v) is 5.12. The standard InChI is InChI=1S/C23H30N2O6S/c1-4-21(31-18-10-8-9-17(15-18)29-2)23(26)24-20-16-19(11-12-22(20)30-3)32(27,28)25-13-6-5-7-14-25/h8-12,15-16,21H,4-7,13-14H2,1-3H3,(H,24,26)/t21-/m1/s1. The molecular weight excluding hydrogens is 432 g/mol. The van der Waals surface area contributed by atoms with Gasteiger partial charge in [-0.05, 0) is 49.6 Å². The number of piperidine rings is 1. The van der Waals surface area contributed by atoms with E-state index in [-0.39, 0.29) is 10.6 Å². The number of hydrogen-bond donors (Lipinski definition) is 1. The Kier molecular flexibility index (Phi) is 7.98. The largest absolute Gasteiger partial charge is 0.497 e. The Morgan fingerprint density at radius 1 is 1.03 bits per heavy atom. The summed E-state index contributed by atoms with van der Waals surface area (Å²) in [6, 6.07) is 11.5. The van der Waals surface area contributed by atoms with E-state index >= 15 is 0 Å². The lowest BCUT2D eigenvalue weighted by molar-refractivity contribution is -0.122. The topological polar surface area (TPSA) is 94.2 Å². The second kappa shape index (κ2) is 10.7. The lowest BCUT2D eigenvalue weighted by atomic mass is 10.2. The Morgan fingerprint density at radius 3 is 2.41 bits per heavy atom. The second-order valence-electron chi connectivity index (χ2n) is 7.51. The Balaban J connectivity index is 1.81. The third-order valence-electron chi connectivity index (χ3n) is 5.36. The minimum absolute atomic E-state index is 0.122. The van der Waals surface area contributed by atoms with Crippen LogP contribution in [-0.2, 0) is 14.8 Å². The maximum Gasteiger partial charge on any atom is 0.265 e. The molecule has 0 saturated carbocycles. The summed E-state index contributed by atoms with van der Waals surface area (Å²) in [6.07, 6.45) is 2.35. The van der Waals surface area contributed by atoms with E-state index in [0.29, 0.717) is 36.8 Å². The Bertz CT molecular complexity index is 1030. The van der Waals surface area contributed by atoms with Gasteiger partial charge in [0.1, 0.15) is 17.2 Å². The van der Waals surface area contributed by atoms with Crippen LogP contribution in [0.4, 0.5) is 5.69 Å². The maximum absolute atomic E-state index is 13.1. The molecule has 0 spiro atoms. The van der Waals surface area contributed by atoms with E-state index in [4.69, 9.17) is 14.2 Å². The average Bonchev–Trinajstić information content (AvgIpc) is 2.83. The first kappa shape index (κ1) is 23.9. The van der Waals surface area contributed by atoms with Crippen molar-refractivity contribution in [2.45, 2.75) is 43.6 Å². The number of rotatable bonds is 9. The van der Waals surface area contributed by atoms with Gasteiger partial charge in [0, 0.05) is 19.2 Å². The van der Waals surface area contributed by atoms with Crippen LogP contribution in [0.25, 0.3) is 0 Å². The van der Waals surface area contributed by atoms with E-state index in [1.165, 1.54) is 23.5 Å². The highest BCUT2D eigenvalue weighted by molar-refractivity contribution is 7.89. The van der Waals surface area contributed by atoms with Gasteiger partial charge >= 0.3 is 0 Å².